The van der Waals surface area contributed by atoms with Gasteiger partial charge in [-0.15, -0.1) is 0 Å². The zero-order chi connectivity index (χ0) is 27.1. The third-order valence-corrected chi connectivity index (χ3v) is 6.30. The normalized spacial score (nSPS) is 11.6. The third-order valence-electron chi connectivity index (χ3n) is 5.66. The molecular weight excluding hydrogens is 521 g/mol. The molecule has 0 amide bonds. The number of nitrogens with zero attached hydrogens (tertiary/aromatic N) is 4. The average Bonchev–Trinajstić information content (AvgIpc) is 2.82. The third kappa shape index (κ3) is 5.50. The lowest BCUT2D eigenvalue weighted by Gasteiger charge is -2.19. The second-order valence-electron chi connectivity index (χ2n) is 9.63. The van der Waals surface area contributed by atoms with E-state index in [0.717, 1.165) is 17.7 Å². The summed E-state index contributed by atoms with van der Waals surface area (Å²) in [6.07, 6.45) is 3.19. The minimum absolute atomic E-state index is 0.0657. The van der Waals surface area contributed by atoms with E-state index in [1.807, 2.05) is 27.7 Å². The summed E-state index contributed by atoms with van der Waals surface area (Å²) in [6, 6.07) is 6.37. The maximum absolute atomic E-state index is 14.0. The predicted molar refractivity (Wildman–Crippen MR) is 140 cm³/mol. The van der Waals surface area contributed by atoms with Crippen molar-refractivity contribution in [2.24, 2.45) is 0 Å². The van der Waals surface area contributed by atoms with Crippen molar-refractivity contribution in [3.63, 3.8) is 0 Å². The van der Waals surface area contributed by atoms with Gasteiger partial charge in [0.25, 0.3) is 5.56 Å². The maximum Gasteiger partial charge on any atom is 0.277 e. The fourth-order valence-electron chi connectivity index (χ4n) is 3.67. The molecule has 0 radical (unpaired) electrons. The Kier molecular flexibility index (Phi) is 7.35. The van der Waals surface area contributed by atoms with Crippen molar-refractivity contribution in [3.8, 4) is 22.8 Å². The molecule has 3 aromatic heterocycles. The summed E-state index contributed by atoms with van der Waals surface area (Å²) in [4.78, 5) is 26.9. The number of aromatic nitrogens is 4. The zero-order valence-corrected chi connectivity index (χ0v) is 22.4. The second-order valence-corrected chi connectivity index (χ2v) is 10.4. The van der Waals surface area contributed by atoms with Crippen molar-refractivity contribution >= 4 is 23.2 Å². The first kappa shape index (κ1) is 26.7. The molecule has 0 aliphatic heterocycles. The van der Waals surface area contributed by atoms with Crippen molar-refractivity contribution in [2.45, 2.75) is 46.6 Å². The number of ether oxygens (including phenoxy) is 1. The Morgan fingerprint density at radius 2 is 1.76 bits per heavy atom. The fraction of sp³-hybridized carbons (Fsp3) is 0.259. The highest BCUT2D eigenvalue weighted by Gasteiger charge is 2.21. The summed E-state index contributed by atoms with van der Waals surface area (Å²) in [6.45, 7) is 9.37. The Morgan fingerprint density at radius 1 is 1.03 bits per heavy atom. The van der Waals surface area contributed by atoms with Crippen molar-refractivity contribution in [3.05, 3.63) is 97.4 Å². The Hall–Kier alpha value is -3.36. The van der Waals surface area contributed by atoms with Gasteiger partial charge in [0.1, 0.15) is 34.8 Å². The molecule has 4 rings (SSSR count). The van der Waals surface area contributed by atoms with Gasteiger partial charge in [0.2, 0.25) is 0 Å². The van der Waals surface area contributed by atoms with Crippen molar-refractivity contribution < 1.29 is 13.5 Å². The molecule has 0 fully saturated rings. The van der Waals surface area contributed by atoms with Gasteiger partial charge in [0.05, 0.1) is 22.1 Å². The predicted octanol–water partition coefficient (Wildman–Crippen LogP) is 6.77. The van der Waals surface area contributed by atoms with Crippen LogP contribution in [-0.4, -0.2) is 19.5 Å². The molecule has 37 heavy (non-hydrogen) atoms. The highest BCUT2D eigenvalue weighted by Crippen LogP contribution is 2.30. The van der Waals surface area contributed by atoms with Gasteiger partial charge in [-0.2, -0.15) is 0 Å². The SMILES string of the molecule is Cc1cnc(C(C)(C)C)nc1-c1cc(-n2c(C)cc(OCc3ccc(F)cc3F)c(Cl)c2=O)c(Cl)cn1. The number of hydrogen-bond acceptors (Lipinski definition) is 5. The molecule has 0 saturated heterocycles. The van der Waals surface area contributed by atoms with Crippen LogP contribution in [-0.2, 0) is 12.0 Å². The van der Waals surface area contributed by atoms with Gasteiger partial charge in [-0.3, -0.25) is 14.3 Å². The minimum atomic E-state index is -0.757. The Labute approximate surface area is 222 Å². The fourth-order valence-corrected chi connectivity index (χ4v) is 4.05. The minimum Gasteiger partial charge on any atom is -0.487 e. The van der Waals surface area contributed by atoms with Crippen molar-refractivity contribution in [2.75, 3.05) is 0 Å². The summed E-state index contributed by atoms with van der Waals surface area (Å²) in [5, 5.41) is 0.0191. The largest absolute Gasteiger partial charge is 0.487 e. The van der Waals surface area contributed by atoms with E-state index in [-0.39, 0.29) is 33.4 Å². The number of hydrogen-bond donors (Lipinski definition) is 0. The van der Waals surface area contributed by atoms with Gasteiger partial charge in [0.15, 0.2) is 0 Å². The van der Waals surface area contributed by atoms with Crippen LogP contribution >= 0.6 is 23.2 Å². The molecule has 0 aliphatic rings. The van der Waals surface area contributed by atoms with Crippen LogP contribution in [0.2, 0.25) is 10.0 Å². The molecule has 1 aromatic carbocycles. The highest BCUT2D eigenvalue weighted by atomic mass is 35.5. The molecule has 6 nitrogen and oxygen atoms in total. The van der Waals surface area contributed by atoms with Gasteiger partial charge in [-0.25, -0.2) is 18.7 Å². The lowest BCUT2D eigenvalue weighted by Crippen LogP contribution is -2.22. The van der Waals surface area contributed by atoms with E-state index in [4.69, 9.17) is 32.9 Å². The van der Waals surface area contributed by atoms with Crippen LogP contribution in [0.5, 0.6) is 5.75 Å². The lowest BCUT2D eigenvalue weighted by atomic mass is 9.95. The van der Waals surface area contributed by atoms with E-state index < -0.39 is 17.2 Å². The number of halogens is 4. The first-order valence-corrected chi connectivity index (χ1v) is 12.1. The van der Waals surface area contributed by atoms with Crippen LogP contribution in [0.25, 0.3) is 17.1 Å². The topological polar surface area (TPSA) is 69.9 Å². The smallest absolute Gasteiger partial charge is 0.277 e. The number of benzene rings is 1. The Balaban J connectivity index is 1.75. The summed E-state index contributed by atoms with van der Waals surface area (Å²) in [7, 11) is 0. The van der Waals surface area contributed by atoms with E-state index in [1.165, 1.54) is 16.8 Å². The first-order valence-electron chi connectivity index (χ1n) is 11.4. The van der Waals surface area contributed by atoms with Crippen LogP contribution in [0, 0.1) is 25.5 Å². The van der Waals surface area contributed by atoms with Gasteiger partial charge in [-0.1, -0.05) is 44.0 Å². The van der Waals surface area contributed by atoms with E-state index >= 15 is 0 Å². The van der Waals surface area contributed by atoms with E-state index in [2.05, 4.69) is 9.97 Å². The molecule has 0 aliphatic carbocycles. The molecule has 0 atom stereocenters. The molecule has 3 heterocycles. The average molecular weight is 545 g/mol. The van der Waals surface area contributed by atoms with Crippen LogP contribution in [0.3, 0.4) is 0 Å². The first-order chi connectivity index (χ1) is 17.4. The molecule has 0 unspecified atom stereocenters. The number of pyridine rings is 2. The Bertz CT molecular complexity index is 1570. The summed E-state index contributed by atoms with van der Waals surface area (Å²) in [5.41, 5.74) is 2.05. The van der Waals surface area contributed by atoms with Crippen LogP contribution in [0.4, 0.5) is 8.78 Å². The molecule has 192 valence electrons. The molecule has 0 saturated carbocycles. The van der Waals surface area contributed by atoms with E-state index in [1.54, 1.807) is 25.3 Å². The monoisotopic (exact) mass is 544 g/mol. The highest BCUT2D eigenvalue weighted by molar-refractivity contribution is 6.33. The van der Waals surface area contributed by atoms with Crippen molar-refractivity contribution in [1.29, 1.82) is 0 Å². The molecule has 4 aromatic rings. The summed E-state index contributed by atoms with van der Waals surface area (Å²) >= 11 is 12.8. The standard InChI is InChI=1S/C27H24Cl2F2N4O2/c1-14-11-33-26(27(3,4)5)34-24(14)20-10-21(18(28)12-32-20)35-15(2)8-22(23(29)25(35)36)37-13-16-6-7-17(30)9-19(16)31/h6-12H,13H2,1-5H3. The number of rotatable bonds is 5. The van der Waals surface area contributed by atoms with Gasteiger partial charge in [0, 0.05) is 41.2 Å². The molecule has 0 N–H and O–H groups in total. The molecule has 0 bridgehead atoms. The Morgan fingerprint density at radius 3 is 2.43 bits per heavy atom. The van der Waals surface area contributed by atoms with E-state index in [0.29, 0.717) is 28.6 Å². The van der Waals surface area contributed by atoms with Crippen molar-refractivity contribution in [1.82, 2.24) is 19.5 Å². The van der Waals surface area contributed by atoms with Crippen LogP contribution in [0.1, 0.15) is 43.4 Å². The zero-order valence-electron chi connectivity index (χ0n) is 20.9. The van der Waals surface area contributed by atoms with Crippen LogP contribution < -0.4 is 10.3 Å². The molecular formula is C27H24Cl2F2N4O2. The summed E-state index contributed by atoms with van der Waals surface area (Å²) < 4.78 is 34.1. The van der Waals surface area contributed by atoms with Gasteiger partial charge >= 0.3 is 0 Å². The second kappa shape index (κ2) is 10.2. The lowest BCUT2D eigenvalue weighted by molar-refractivity contribution is 0.298. The summed E-state index contributed by atoms with van der Waals surface area (Å²) in [5.74, 6) is -0.733. The quantitative estimate of drug-likeness (QED) is 0.277. The van der Waals surface area contributed by atoms with Crippen LogP contribution in [0.15, 0.2) is 47.5 Å². The maximum atomic E-state index is 14.0. The van der Waals surface area contributed by atoms with E-state index in [9.17, 15) is 13.6 Å². The van der Waals surface area contributed by atoms with Gasteiger partial charge in [-0.05, 0) is 37.6 Å². The number of aryl methyl sites for hydroxylation is 2. The molecule has 10 heteroatoms. The van der Waals surface area contributed by atoms with Gasteiger partial charge < -0.3 is 4.74 Å². The molecule has 0 spiro atoms.